The topological polar surface area (TPSA) is 37.8 Å². The van der Waals surface area contributed by atoms with E-state index in [0.29, 0.717) is 6.54 Å². The van der Waals surface area contributed by atoms with Gasteiger partial charge in [0.25, 0.3) is 0 Å². The molecule has 5 heteroatoms. The first kappa shape index (κ1) is 10.0. The minimum atomic E-state index is -0.477. The fourth-order valence-electron chi connectivity index (χ4n) is 1.17. The smallest absolute Gasteiger partial charge is 0.214 e. The van der Waals surface area contributed by atoms with E-state index in [1.54, 1.807) is 17.4 Å². The number of thiazole rings is 1. The lowest BCUT2D eigenvalue weighted by Gasteiger charge is -2.02. The van der Waals surface area contributed by atoms with Crippen molar-refractivity contribution in [3.8, 4) is 0 Å². The van der Waals surface area contributed by atoms with Gasteiger partial charge in [0.2, 0.25) is 5.95 Å². The molecule has 15 heavy (non-hydrogen) atoms. The SMILES string of the molecule is Cc1csc(CNc2ccnc(F)c2)n1. The van der Waals surface area contributed by atoms with Gasteiger partial charge in [-0.05, 0) is 13.0 Å². The van der Waals surface area contributed by atoms with E-state index in [9.17, 15) is 4.39 Å². The van der Waals surface area contributed by atoms with Gasteiger partial charge in [0.1, 0.15) is 5.01 Å². The van der Waals surface area contributed by atoms with Crippen LogP contribution in [0.15, 0.2) is 23.7 Å². The average molecular weight is 223 g/mol. The van der Waals surface area contributed by atoms with Gasteiger partial charge in [-0.1, -0.05) is 0 Å². The van der Waals surface area contributed by atoms with Crippen LogP contribution >= 0.6 is 11.3 Å². The predicted octanol–water partition coefficient (Wildman–Crippen LogP) is 2.60. The monoisotopic (exact) mass is 223 g/mol. The van der Waals surface area contributed by atoms with Crippen LogP contribution in [0.1, 0.15) is 10.7 Å². The highest BCUT2D eigenvalue weighted by Gasteiger charge is 1.99. The zero-order valence-electron chi connectivity index (χ0n) is 8.20. The van der Waals surface area contributed by atoms with Crippen LogP contribution in [0, 0.1) is 12.9 Å². The van der Waals surface area contributed by atoms with Crippen molar-refractivity contribution in [1.82, 2.24) is 9.97 Å². The molecule has 0 aliphatic carbocycles. The van der Waals surface area contributed by atoms with Crippen LogP contribution < -0.4 is 5.32 Å². The molecule has 2 aromatic heterocycles. The van der Waals surface area contributed by atoms with E-state index in [2.05, 4.69) is 15.3 Å². The highest BCUT2D eigenvalue weighted by molar-refractivity contribution is 7.09. The van der Waals surface area contributed by atoms with Crippen molar-refractivity contribution in [2.45, 2.75) is 13.5 Å². The van der Waals surface area contributed by atoms with Gasteiger partial charge in [-0.15, -0.1) is 11.3 Å². The van der Waals surface area contributed by atoms with Crippen molar-refractivity contribution < 1.29 is 4.39 Å². The van der Waals surface area contributed by atoms with Gasteiger partial charge in [0.05, 0.1) is 6.54 Å². The van der Waals surface area contributed by atoms with Crippen molar-refractivity contribution in [3.63, 3.8) is 0 Å². The first-order valence-corrected chi connectivity index (χ1v) is 5.38. The maximum Gasteiger partial charge on any atom is 0.214 e. The quantitative estimate of drug-likeness (QED) is 0.813. The van der Waals surface area contributed by atoms with E-state index < -0.39 is 5.95 Å². The summed E-state index contributed by atoms with van der Waals surface area (Å²) < 4.78 is 12.7. The number of nitrogens with zero attached hydrogens (tertiary/aromatic N) is 2. The molecular weight excluding hydrogens is 213 g/mol. The number of rotatable bonds is 3. The molecule has 2 aromatic rings. The lowest BCUT2D eigenvalue weighted by atomic mass is 10.4. The van der Waals surface area contributed by atoms with Crippen LogP contribution in [0.3, 0.4) is 0 Å². The Morgan fingerprint density at radius 1 is 1.53 bits per heavy atom. The summed E-state index contributed by atoms with van der Waals surface area (Å²) >= 11 is 1.59. The minimum Gasteiger partial charge on any atom is -0.378 e. The largest absolute Gasteiger partial charge is 0.378 e. The molecule has 0 amide bonds. The van der Waals surface area contributed by atoms with Gasteiger partial charge >= 0.3 is 0 Å². The first-order chi connectivity index (χ1) is 7.24. The molecule has 0 spiro atoms. The van der Waals surface area contributed by atoms with Gasteiger partial charge in [-0.3, -0.25) is 0 Å². The molecule has 0 aromatic carbocycles. The zero-order valence-corrected chi connectivity index (χ0v) is 9.01. The molecule has 2 heterocycles. The molecule has 0 aliphatic rings. The van der Waals surface area contributed by atoms with Gasteiger partial charge in [-0.2, -0.15) is 4.39 Å². The number of hydrogen-bond donors (Lipinski definition) is 1. The first-order valence-electron chi connectivity index (χ1n) is 4.50. The molecule has 0 unspecified atom stereocenters. The third-order valence-electron chi connectivity index (χ3n) is 1.84. The van der Waals surface area contributed by atoms with Crippen molar-refractivity contribution >= 4 is 17.0 Å². The lowest BCUT2D eigenvalue weighted by Crippen LogP contribution is -1.99. The normalized spacial score (nSPS) is 10.3. The van der Waals surface area contributed by atoms with Crippen molar-refractivity contribution in [1.29, 1.82) is 0 Å². The molecule has 0 atom stereocenters. The Hall–Kier alpha value is -1.49. The van der Waals surface area contributed by atoms with Gasteiger partial charge in [0, 0.05) is 29.0 Å². The molecule has 0 fully saturated rings. The summed E-state index contributed by atoms with van der Waals surface area (Å²) in [6.07, 6.45) is 1.44. The number of anilines is 1. The van der Waals surface area contributed by atoms with Crippen LogP contribution in [0.4, 0.5) is 10.1 Å². The third-order valence-corrected chi connectivity index (χ3v) is 2.80. The Labute approximate surface area is 91.0 Å². The molecule has 2 rings (SSSR count). The number of aromatic nitrogens is 2. The summed E-state index contributed by atoms with van der Waals surface area (Å²) in [4.78, 5) is 7.77. The van der Waals surface area contributed by atoms with Gasteiger partial charge < -0.3 is 5.32 Å². The van der Waals surface area contributed by atoms with Crippen LogP contribution in [0.25, 0.3) is 0 Å². The number of halogens is 1. The van der Waals surface area contributed by atoms with E-state index in [-0.39, 0.29) is 0 Å². The van der Waals surface area contributed by atoms with Crippen LogP contribution in [-0.4, -0.2) is 9.97 Å². The standard InChI is InChI=1S/C10H10FN3S/c1-7-6-15-10(14-7)5-13-8-2-3-12-9(11)4-8/h2-4,6H,5H2,1H3,(H,12,13). The predicted molar refractivity (Wildman–Crippen MR) is 58.4 cm³/mol. The Bertz CT molecular complexity index is 455. The van der Waals surface area contributed by atoms with Crippen molar-refractivity contribution in [2.24, 2.45) is 0 Å². The van der Waals surface area contributed by atoms with Crippen LogP contribution in [-0.2, 0) is 6.54 Å². The second-order valence-corrected chi connectivity index (χ2v) is 4.05. The zero-order chi connectivity index (χ0) is 10.7. The van der Waals surface area contributed by atoms with E-state index in [4.69, 9.17) is 0 Å². The highest BCUT2D eigenvalue weighted by Crippen LogP contribution is 2.12. The van der Waals surface area contributed by atoms with Crippen molar-refractivity contribution in [2.75, 3.05) is 5.32 Å². The molecule has 0 saturated heterocycles. The van der Waals surface area contributed by atoms with Gasteiger partial charge in [0.15, 0.2) is 0 Å². The average Bonchev–Trinajstić information content (AvgIpc) is 2.62. The van der Waals surface area contributed by atoms with E-state index >= 15 is 0 Å². The highest BCUT2D eigenvalue weighted by atomic mass is 32.1. The van der Waals surface area contributed by atoms with E-state index in [0.717, 1.165) is 16.4 Å². The summed E-state index contributed by atoms with van der Waals surface area (Å²) in [6, 6.07) is 3.09. The number of aryl methyl sites for hydroxylation is 1. The number of pyridine rings is 1. The minimum absolute atomic E-state index is 0.477. The number of nitrogens with one attached hydrogen (secondary N) is 1. The molecule has 3 nitrogen and oxygen atoms in total. The fourth-order valence-corrected chi connectivity index (χ4v) is 1.89. The summed E-state index contributed by atoms with van der Waals surface area (Å²) in [7, 11) is 0. The Balaban J connectivity index is 1.99. The second kappa shape index (κ2) is 4.35. The summed E-state index contributed by atoms with van der Waals surface area (Å²) in [5.74, 6) is -0.477. The Kier molecular flexibility index (Phi) is 2.91. The maximum absolute atomic E-state index is 12.7. The Morgan fingerprint density at radius 3 is 3.07 bits per heavy atom. The molecule has 1 N–H and O–H groups in total. The summed E-state index contributed by atoms with van der Waals surface area (Å²) in [6.45, 7) is 2.56. The molecule has 0 aliphatic heterocycles. The lowest BCUT2D eigenvalue weighted by molar-refractivity contribution is 0.584. The molecular formula is C10H10FN3S. The molecule has 78 valence electrons. The molecule has 0 radical (unpaired) electrons. The van der Waals surface area contributed by atoms with Gasteiger partial charge in [-0.25, -0.2) is 9.97 Å². The summed E-state index contributed by atoms with van der Waals surface area (Å²) in [5, 5.41) is 6.06. The number of hydrogen-bond acceptors (Lipinski definition) is 4. The Morgan fingerprint density at radius 2 is 2.40 bits per heavy atom. The van der Waals surface area contributed by atoms with Crippen LogP contribution in [0.5, 0.6) is 0 Å². The van der Waals surface area contributed by atoms with Crippen molar-refractivity contribution in [3.05, 3.63) is 40.4 Å². The third kappa shape index (κ3) is 2.73. The molecule has 0 bridgehead atoms. The van der Waals surface area contributed by atoms with Crippen LogP contribution in [0.2, 0.25) is 0 Å². The fraction of sp³-hybridized carbons (Fsp3) is 0.200. The molecule has 0 saturated carbocycles. The van der Waals surface area contributed by atoms with E-state index in [1.807, 2.05) is 12.3 Å². The maximum atomic E-state index is 12.7. The van der Waals surface area contributed by atoms with E-state index in [1.165, 1.54) is 12.3 Å². The second-order valence-electron chi connectivity index (χ2n) is 3.10. The summed E-state index contributed by atoms with van der Waals surface area (Å²) in [5.41, 5.74) is 1.73.